The maximum absolute atomic E-state index is 11.6. The molecule has 0 heterocycles. The van der Waals surface area contributed by atoms with Crippen LogP contribution < -0.4 is 15.8 Å². The normalized spacial score (nSPS) is 11.5. The topological polar surface area (TPSA) is 119 Å². The fraction of sp³-hybridized carbons (Fsp3) is 0.357. The number of aryl methyl sites for hydroxylation is 2. The summed E-state index contributed by atoms with van der Waals surface area (Å²) < 4.78 is 5.27. The van der Waals surface area contributed by atoms with Crippen molar-refractivity contribution in [2.24, 2.45) is 5.73 Å². The van der Waals surface area contributed by atoms with Crippen LogP contribution >= 0.6 is 0 Å². The molecule has 0 spiro atoms. The largest absolute Gasteiger partial charge is 0.484 e. The third-order valence-electron chi connectivity index (χ3n) is 2.89. The highest BCUT2D eigenvalue weighted by Crippen LogP contribution is 2.16. The maximum Gasteiger partial charge on any atom is 0.326 e. The van der Waals surface area contributed by atoms with Crippen LogP contribution in [-0.2, 0) is 14.4 Å². The molecule has 2 amide bonds. The molecule has 0 aliphatic heterocycles. The number of ether oxygens (including phenoxy) is 1. The number of nitrogens with one attached hydrogen (secondary N) is 1. The Kier molecular flexibility index (Phi) is 5.71. The predicted molar refractivity (Wildman–Crippen MR) is 74.8 cm³/mol. The molecule has 1 unspecified atom stereocenters. The number of aliphatic carboxylic acids is 1. The first-order chi connectivity index (χ1) is 9.79. The van der Waals surface area contributed by atoms with Crippen molar-refractivity contribution in [3.05, 3.63) is 29.3 Å². The summed E-state index contributed by atoms with van der Waals surface area (Å²) in [5, 5.41) is 11.0. The maximum atomic E-state index is 11.6. The molecule has 0 saturated carbocycles. The summed E-state index contributed by atoms with van der Waals surface area (Å²) >= 11 is 0. The molecule has 0 aliphatic rings. The van der Waals surface area contributed by atoms with Crippen LogP contribution in [0.5, 0.6) is 5.75 Å². The SMILES string of the molecule is Cc1ccc(OCC(=O)NC(CC(N)=O)C(=O)O)cc1C. The number of rotatable bonds is 7. The van der Waals surface area contributed by atoms with Crippen LogP contribution in [0, 0.1) is 13.8 Å². The Morgan fingerprint density at radius 2 is 1.95 bits per heavy atom. The number of carboxylic acids is 1. The fourth-order valence-electron chi connectivity index (χ4n) is 1.59. The van der Waals surface area contributed by atoms with Crippen LogP contribution in [0.3, 0.4) is 0 Å². The Morgan fingerprint density at radius 1 is 1.29 bits per heavy atom. The molecule has 0 aromatic heterocycles. The van der Waals surface area contributed by atoms with Crippen molar-refractivity contribution in [2.45, 2.75) is 26.3 Å². The highest BCUT2D eigenvalue weighted by molar-refractivity contribution is 5.88. The summed E-state index contributed by atoms with van der Waals surface area (Å²) in [6, 6.07) is 4.00. The van der Waals surface area contributed by atoms with E-state index >= 15 is 0 Å². The number of amides is 2. The molecule has 7 nitrogen and oxygen atoms in total. The van der Waals surface area contributed by atoms with Gasteiger partial charge in [-0.15, -0.1) is 0 Å². The second kappa shape index (κ2) is 7.28. The van der Waals surface area contributed by atoms with Crippen LogP contribution in [0.2, 0.25) is 0 Å². The Labute approximate surface area is 122 Å². The van der Waals surface area contributed by atoms with E-state index in [-0.39, 0.29) is 6.61 Å². The van der Waals surface area contributed by atoms with E-state index < -0.39 is 30.2 Å². The second-order valence-electron chi connectivity index (χ2n) is 4.66. The molecule has 1 aromatic rings. The summed E-state index contributed by atoms with van der Waals surface area (Å²) in [5.41, 5.74) is 7.03. The molecule has 0 fully saturated rings. The van der Waals surface area contributed by atoms with Gasteiger partial charge in [0.25, 0.3) is 5.91 Å². The van der Waals surface area contributed by atoms with E-state index in [2.05, 4.69) is 5.32 Å². The first-order valence-electron chi connectivity index (χ1n) is 6.30. The number of nitrogens with two attached hydrogens (primary N) is 1. The van der Waals surface area contributed by atoms with E-state index in [0.717, 1.165) is 11.1 Å². The first kappa shape index (κ1) is 16.5. The summed E-state index contributed by atoms with van der Waals surface area (Å²) in [4.78, 5) is 33.2. The number of hydrogen-bond donors (Lipinski definition) is 3. The lowest BCUT2D eigenvalue weighted by molar-refractivity contribution is -0.143. The van der Waals surface area contributed by atoms with Gasteiger partial charge in [0.2, 0.25) is 5.91 Å². The highest BCUT2D eigenvalue weighted by Gasteiger charge is 2.22. The van der Waals surface area contributed by atoms with Crippen LogP contribution in [0.25, 0.3) is 0 Å². The summed E-state index contributed by atoms with van der Waals surface area (Å²) in [6.45, 7) is 3.52. The molecular weight excluding hydrogens is 276 g/mol. The molecule has 4 N–H and O–H groups in total. The van der Waals surface area contributed by atoms with Gasteiger partial charge in [-0.25, -0.2) is 4.79 Å². The van der Waals surface area contributed by atoms with E-state index in [1.165, 1.54) is 0 Å². The van der Waals surface area contributed by atoms with Crippen molar-refractivity contribution >= 4 is 17.8 Å². The standard InChI is InChI=1S/C14H18N2O5/c1-8-3-4-10(5-9(8)2)21-7-13(18)16-11(14(19)20)6-12(15)17/h3-5,11H,6-7H2,1-2H3,(H2,15,17)(H,16,18)(H,19,20). The van der Waals surface area contributed by atoms with Gasteiger partial charge in [-0.2, -0.15) is 0 Å². The molecule has 0 radical (unpaired) electrons. The number of primary amides is 1. The molecule has 0 saturated heterocycles. The van der Waals surface area contributed by atoms with Gasteiger partial charge >= 0.3 is 5.97 Å². The zero-order chi connectivity index (χ0) is 16.0. The van der Waals surface area contributed by atoms with E-state index in [9.17, 15) is 14.4 Å². The first-order valence-corrected chi connectivity index (χ1v) is 6.30. The lowest BCUT2D eigenvalue weighted by Crippen LogP contribution is -2.45. The van der Waals surface area contributed by atoms with Gasteiger partial charge in [-0.05, 0) is 37.1 Å². The van der Waals surface area contributed by atoms with Crippen molar-refractivity contribution in [3.8, 4) is 5.75 Å². The molecule has 0 bridgehead atoms. The molecule has 1 aromatic carbocycles. The Balaban J connectivity index is 2.54. The van der Waals surface area contributed by atoms with E-state index in [1.807, 2.05) is 19.9 Å². The lowest BCUT2D eigenvalue weighted by Gasteiger charge is -2.13. The van der Waals surface area contributed by atoms with Crippen molar-refractivity contribution in [1.82, 2.24) is 5.32 Å². The zero-order valence-electron chi connectivity index (χ0n) is 11.9. The summed E-state index contributed by atoms with van der Waals surface area (Å²) in [6.07, 6.45) is -0.468. The fourth-order valence-corrected chi connectivity index (χ4v) is 1.59. The smallest absolute Gasteiger partial charge is 0.326 e. The molecule has 1 atom stereocenters. The lowest BCUT2D eigenvalue weighted by atomic mass is 10.1. The van der Waals surface area contributed by atoms with Crippen LogP contribution in [0.1, 0.15) is 17.5 Å². The average molecular weight is 294 g/mol. The third-order valence-corrected chi connectivity index (χ3v) is 2.89. The minimum absolute atomic E-state index is 0.342. The van der Waals surface area contributed by atoms with Crippen molar-refractivity contribution in [2.75, 3.05) is 6.61 Å². The second-order valence-corrected chi connectivity index (χ2v) is 4.66. The quantitative estimate of drug-likeness (QED) is 0.660. The van der Waals surface area contributed by atoms with Crippen LogP contribution in [0.4, 0.5) is 0 Å². The zero-order valence-corrected chi connectivity index (χ0v) is 11.9. The summed E-state index contributed by atoms with van der Waals surface area (Å²) in [7, 11) is 0. The van der Waals surface area contributed by atoms with Crippen molar-refractivity contribution in [1.29, 1.82) is 0 Å². The molecular formula is C14H18N2O5. The van der Waals surface area contributed by atoms with Gasteiger partial charge in [-0.1, -0.05) is 6.07 Å². The predicted octanol–water partition coefficient (Wildman–Crippen LogP) is 0.127. The highest BCUT2D eigenvalue weighted by atomic mass is 16.5. The monoisotopic (exact) mass is 294 g/mol. The van der Waals surface area contributed by atoms with E-state index in [1.54, 1.807) is 12.1 Å². The Hall–Kier alpha value is -2.57. The van der Waals surface area contributed by atoms with Gasteiger partial charge in [0.1, 0.15) is 11.8 Å². The Morgan fingerprint density at radius 3 is 2.48 bits per heavy atom. The number of carbonyl (C=O) groups excluding carboxylic acids is 2. The van der Waals surface area contributed by atoms with Crippen LogP contribution in [-0.4, -0.2) is 35.5 Å². The van der Waals surface area contributed by atoms with Gasteiger partial charge in [0.05, 0.1) is 6.42 Å². The molecule has 0 aliphatic carbocycles. The minimum atomic E-state index is -1.35. The number of carboxylic acid groups (broad SMARTS) is 1. The number of carbonyl (C=O) groups is 3. The number of hydrogen-bond acceptors (Lipinski definition) is 4. The van der Waals surface area contributed by atoms with Crippen LogP contribution in [0.15, 0.2) is 18.2 Å². The molecule has 1 rings (SSSR count). The van der Waals surface area contributed by atoms with Gasteiger partial charge < -0.3 is 20.9 Å². The summed E-state index contributed by atoms with van der Waals surface area (Å²) in [5.74, 6) is -2.26. The van der Waals surface area contributed by atoms with Crippen molar-refractivity contribution in [3.63, 3.8) is 0 Å². The van der Waals surface area contributed by atoms with Gasteiger partial charge in [-0.3, -0.25) is 9.59 Å². The van der Waals surface area contributed by atoms with Gasteiger partial charge in [0, 0.05) is 0 Å². The Bertz CT molecular complexity index is 556. The minimum Gasteiger partial charge on any atom is -0.484 e. The van der Waals surface area contributed by atoms with E-state index in [4.69, 9.17) is 15.6 Å². The third kappa shape index (κ3) is 5.52. The number of benzene rings is 1. The van der Waals surface area contributed by atoms with E-state index in [0.29, 0.717) is 5.75 Å². The molecule has 7 heteroatoms. The van der Waals surface area contributed by atoms with Crippen molar-refractivity contribution < 1.29 is 24.2 Å². The molecule has 114 valence electrons. The van der Waals surface area contributed by atoms with Gasteiger partial charge in [0.15, 0.2) is 6.61 Å². The average Bonchev–Trinajstić information content (AvgIpc) is 2.38. The molecule has 21 heavy (non-hydrogen) atoms.